The van der Waals surface area contributed by atoms with Crippen molar-refractivity contribution in [1.29, 1.82) is 0 Å². The monoisotopic (exact) mass is 281 g/mol. The first-order valence-corrected chi connectivity index (χ1v) is 6.20. The van der Waals surface area contributed by atoms with Gasteiger partial charge in [-0.15, -0.1) is 0 Å². The van der Waals surface area contributed by atoms with E-state index in [4.69, 9.17) is 0 Å². The molecule has 110 valence electrons. The van der Waals surface area contributed by atoms with E-state index in [0.717, 1.165) is 25.9 Å². The Labute approximate surface area is 109 Å². The first-order chi connectivity index (χ1) is 8.88. The van der Waals surface area contributed by atoms with Crippen molar-refractivity contribution in [2.24, 2.45) is 0 Å². The number of nitrogens with one attached hydrogen (secondary N) is 2. The summed E-state index contributed by atoms with van der Waals surface area (Å²) in [5.74, 6) is -0.716. The van der Waals surface area contributed by atoms with Gasteiger partial charge in [0.25, 0.3) is 0 Å². The largest absolute Gasteiger partial charge is 0.405 e. The van der Waals surface area contributed by atoms with Gasteiger partial charge in [-0.2, -0.15) is 13.2 Å². The molecule has 0 aromatic heterocycles. The second-order valence-corrected chi connectivity index (χ2v) is 4.41. The van der Waals surface area contributed by atoms with E-state index in [9.17, 15) is 22.8 Å². The predicted octanol–water partition coefficient (Wildman–Crippen LogP) is 0.267. The summed E-state index contributed by atoms with van der Waals surface area (Å²) >= 11 is 0. The van der Waals surface area contributed by atoms with Gasteiger partial charge in [0, 0.05) is 26.1 Å². The first kappa shape index (κ1) is 15.7. The number of hydrogen-bond acceptors (Lipinski definition) is 3. The molecule has 2 amide bonds. The van der Waals surface area contributed by atoms with Gasteiger partial charge in [-0.25, -0.2) is 0 Å². The fraction of sp³-hybridized carbons (Fsp3) is 0.818. The average molecular weight is 281 g/mol. The van der Waals surface area contributed by atoms with Crippen LogP contribution in [0, 0.1) is 0 Å². The summed E-state index contributed by atoms with van der Waals surface area (Å²) < 4.78 is 35.4. The van der Waals surface area contributed by atoms with E-state index in [-0.39, 0.29) is 25.4 Å². The number of rotatable bonds is 6. The highest BCUT2D eigenvalue weighted by molar-refractivity contribution is 5.78. The minimum atomic E-state index is -4.40. The lowest BCUT2D eigenvalue weighted by Gasteiger charge is -2.15. The molecule has 0 aromatic rings. The molecular formula is C11H18F3N3O2. The number of nitrogens with zero attached hydrogens (tertiary/aromatic N) is 1. The molecule has 0 atom stereocenters. The highest BCUT2D eigenvalue weighted by Gasteiger charge is 2.27. The number of halogens is 3. The van der Waals surface area contributed by atoms with Crippen LogP contribution in [0.5, 0.6) is 0 Å². The van der Waals surface area contributed by atoms with Crippen molar-refractivity contribution >= 4 is 11.8 Å². The van der Waals surface area contributed by atoms with Crippen LogP contribution in [0.4, 0.5) is 13.2 Å². The van der Waals surface area contributed by atoms with Crippen LogP contribution in [0.2, 0.25) is 0 Å². The number of alkyl halides is 3. The zero-order valence-electron chi connectivity index (χ0n) is 10.6. The number of hydrogen-bond donors (Lipinski definition) is 2. The molecule has 1 saturated heterocycles. The summed E-state index contributed by atoms with van der Waals surface area (Å²) in [6.07, 6.45) is -2.12. The lowest BCUT2D eigenvalue weighted by molar-refractivity contribution is -0.137. The first-order valence-electron chi connectivity index (χ1n) is 6.20. The Morgan fingerprint density at radius 3 is 2.37 bits per heavy atom. The maximum atomic E-state index is 11.8. The highest BCUT2D eigenvalue weighted by Crippen LogP contribution is 2.11. The van der Waals surface area contributed by atoms with Gasteiger partial charge >= 0.3 is 6.18 Å². The quantitative estimate of drug-likeness (QED) is 0.687. The van der Waals surface area contributed by atoms with E-state index in [1.807, 2.05) is 0 Å². The Morgan fingerprint density at radius 2 is 1.79 bits per heavy atom. The standard InChI is InChI=1S/C11H18F3N3O2/c12-11(13,14)8-16-9(18)7-15-4-3-10(19)17-5-1-2-6-17/h15H,1-8H2,(H,16,18). The summed E-state index contributed by atoms with van der Waals surface area (Å²) in [5.41, 5.74) is 0. The predicted molar refractivity (Wildman–Crippen MR) is 62.4 cm³/mol. The Hall–Kier alpha value is -1.31. The molecule has 0 spiro atoms. The molecule has 5 nitrogen and oxygen atoms in total. The number of likely N-dealkylation sites (tertiary alicyclic amines) is 1. The van der Waals surface area contributed by atoms with Crippen molar-refractivity contribution in [2.45, 2.75) is 25.4 Å². The van der Waals surface area contributed by atoms with Gasteiger partial charge in [0.15, 0.2) is 0 Å². The summed E-state index contributed by atoms with van der Waals surface area (Å²) in [4.78, 5) is 24.4. The molecule has 1 aliphatic rings. The second kappa shape index (κ2) is 7.32. The molecule has 0 saturated carbocycles. The molecule has 8 heteroatoms. The molecule has 1 fully saturated rings. The fourth-order valence-electron chi connectivity index (χ4n) is 1.78. The fourth-order valence-corrected chi connectivity index (χ4v) is 1.78. The summed E-state index contributed by atoms with van der Waals surface area (Å²) in [5, 5.41) is 4.39. The van der Waals surface area contributed by atoms with Gasteiger partial charge in [0.05, 0.1) is 6.54 Å². The minimum Gasteiger partial charge on any atom is -0.346 e. The van der Waals surface area contributed by atoms with Crippen molar-refractivity contribution in [3.63, 3.8) is 0 Å². The highest BCUT2D eigenvalue weighted by atomic mass is 19.4. The van der Waals surface area contributed by atoms with Crippen molar-refractivity contribution < 1.29 is 22.8 Å². The van der Waals surface area contributed by atoms with Gasteiger partial charge in [-0.3, -0.25) is 9.59 Å². The van der Waals surface area contributed by atoms with Crippen molar-refractivity contribution in [2.75, 3.05) is 32.7 Å². The van der Waals surface area contributed by atoms with Crippen LogP contribution in [-0.2, 0) is 9.59 Å². The Kier molecular flexibility index (Phi) is 6.07. The molecule has 0 aliphatic carbocycles. The number of carbonyl (C=O) groups excluding carboxylic acids is 2. The lowest BCUT2D eigenvalue weighted by Crippen LogP contribution is -2.40. The Bertz CT molecular complexity index is 315. The second-order valence-electron chi connectivity index (χ2n) is 4.41. The van der Waals surface area contributed by atoms with Crippen molar-refractivity contribution in [1.82, 2.24) is 15.5 Å². The Morgan fingerprint density at radius 1 is 1.16 bits per heavy atom. The third kappa shape index (κ3) is 7.00. The maximum Gasteiger partial charge on any atom is 0.405 e. The molecule has 0 bridgehead atoms. The van der Waals surface area contributed by atoms with Gasteiger partial charge < -0.3 is 15.5 Å². The molecule has 0 radical (unpaired) electrons. The van der Waals surface area contributed by atoms with Crippen molar-refractivity contribution in [3.05, 3.63) is 0 Å². The van der Waals surface area contributed by atoms with Gasteiger partial charge in [0.1, 0.15) is 6.54 Å². The van der Waals surface area contributed by atoms with Crippen LogP contribution in [0.15, 0.2) is 0 Å². The molecule has 2 N–H and O–H groups in total. The van der Waals surface area contributed by atoms with Crippen LogP contribution in [-0.4, -0.2) is 55.6 Å². The zero-order valence-corrected chi connectivity index (χ0v) is 10.6. The van der Waals surface area contributed by atoms with Crippen LogP contribution in [0.1, 0.15) is 19.3 Å². The van der Waals surface area contributed by atoms with Gasteiger partial charge in [-0.1, -0.05) is 0 Å². The average Bonchev–Trinajstić information content (AvgIpc) is 2.84. The molecular weight excluding hydrogens is 263 g/mol. The van der Waals surface area contributed by atoms with Crippen LogP contribution in [0.25, 0.3) is 0 Å². The molecule has 0 unspecified atom stereocenters. The van der Waals surface area contributed by atoms with Crippen molar-refractivity contribution in [3.8, 4) is 0 Å². The van der Waals surface area contributed by atoms with E-state index < -0.39 is 18.6 Å². The summed E-state index contributed by atoms with van der Waals surface area (Å²) in [6.45, 7) is 0.272. The molecule has 0 aromatic carbocycles. The number of amides is 2. The molecule has 1 aliphatic heterocycles. The normalized spacial score (nSPS) is 15.6. The van der Waals surface area contributed by atoms with E-state index >= 15 is 0 Å². The molecule has 1 rings (SSSR count). The zero-order chi connectivity index (χ0) is 14.3. The number of carbonyl (C=O) groups is 2. The lowest BCUT2D eigenvalue weighted by atomic mass is 10.3. The van der Waals surface area contributed by atoms with Crippen LogP contribution >= 0.6 is 0 Å². The van der Waals surface area contributed by atoms with E-state index in [2.05, 4.69) is 5.32 Å². The van der Waals surface area contributed by atoms with E-state index in [1.54, 1.807) is 10.2 Å². The summed E-state index contributed by atoms with van der Waals surface area (Å²) in [6, 6.07) is 0. The van der Waals surface area contributed by atoms with Crippen LogP contribution < -0.4 is 10.6 Å². The summed E-state index contributed by atoms with van der Waals surface area (Å²) in [7, 11) is 0. The van der Waals surface area contributed by atoms with Gasteiger partial charge in [-0.05, 0) is 12.8 Å². The smallest absolute Gasteiger partial charge is 0.346 e. The maximum absolute atomic E-state index is 11.8. The van der Waals surface area contributed by atoms with E-state index in [0.29, 0.717) is 0 Å². The van der Waals surface area contributed by atoms with Crippen LogP contribution in [0.3, 0.4) is 0 Å². The third-order valence-corrected chi connectivity index (χ3v) is 2.75. The van der Waals surface area contributed by atoms with E-state index in [1.165, 1.54) is 0 Å². The Balaban J connectivity index is 2.03. The SMILES string of the molecule is O=C(CNCCC(=O)N1CCCC1)NCC(F)(F)F. The van der Waals surface area contributed by atoms with Gasteiger partial charge in [0.2, 0.25) is 11.8 Å². The third-order valence-electron chi connectivity index (χ3n) is 2.75. The molecule has 1 heterocycles. The minimum absolute atomic E-state index is 0.0145. The topological polar surface area (TPSA) is 61.4 Å². The molecule has 19 heavy (non-hydrogen) atoms.